The van der Waals surface area contributed by atoms with E-state index in [2.05, 4.69) is 0 Å². The third-order valence-electron chi connectivity index (χ3n) is 3.22. The Kier molecular flexibility index (Phi) is 3.21. The molecule has 1 aromatic carbocycles. The molecule has 0 heterocycles. The van der Waals surface area contributed by atoms with E-state index in [9.17, 15) is 4.79 Å². The van der Waals surface area contributed by atoms with Crippen LogP contribution in [-0.2, 0) is 9.53 Å². The summed E-state index contributed by atoms with van der Waals surface area (Å²) in [5, 5.41) is 16.0. The summed E-state index contributed by atoms with van der Waals surface area (Å²) in [7, 11) is 1.41. The topological polar surface area (TPSA) is 100 Å². The molecule has 5 nitrogen and oxygen atoms in total. The van der Waals surface area contributed by atoms with Gasteiger partial charge in [0, 0.05) is 11.8 Å². The lowest BCUT2D eigenvalue weighted by Gasteiger charge is -2.24. The number of anilines is 1. The number of rotatable bonds is 2. The Labute approximate surface area is 111 Å². The lowest BCUT2D eigenvalue weighted by molar-refractivity contribution is -0.109. The molecule has 0 aliphatic heterocycles. The van der Waals surface area contributed by atoms with E-state index in [4.69, 9.17) is 21.3 Å². The van der Waals surface area contributed by atoms with Crippen LogP contribution in [0.5, 0.6) is 0 Å². The maximum atomic E-state index is 11.7. The first kappa shape index (κ1) is 13.0. The molecule has 1 atom stereocenters. The molecule has 0 aromatic heterocycles. The normalized spacial score (nSPS) is 19.4. The van der Waals surface area contributed by atoms with Crippen molar-refractivity contribution in [3.63, 3.8) is 0 Å². The Morgan fingerprint density at radius 3 is 2.53 bits per heavy atom. The number of hydrogen-bond donors (Lipinski definition) is 3. The smallest absolute Gasteiger partial charge is 0.204 e. The van der Waals surface area contributed by atoms with Crippen LogP contribution in [0, 0.1) is 17.7 Å². The predicted molar refractivity (Wildman–Crippen MR) is 73.9 cm³/mol. The van der Waals surface area contributed by atoms with Crippen molar-refractivity contribution >= 4 is 22.9 Å². The van der Waals surface area contributed by atoms with Crippen molar-refractivity contribution in [2.75, 3.05) is 12.8 Å². The number of benzene rings is 1. The molecule has 2 rings (SSSR count). The second-order valence-electron chi connectivity index (χ2n) is 4.45. The number of carbonyl (C=O) groups is 1. The first-order chi connectivity index (χ1) is 8.95. The number of nitrogen functional groups attached to an aromatic ring is 1. The van der Waals surface area contributed by atoms with Gasteiger partial charge in [-0.3, -0.25) is 4.79 Å². The molecule has 0 saturated heterocycles. The zero-order chi connectivity index (χ0) is 14.2. The fourth-order valence-electron chi connectivity index (χ4n) is 2.08. The molecule has 0 fully saturated rings. The number of hydrogen-bond acceptors (Lipinski definition) is 5. The van der Waals surface area contributed by atoms with Crippen LogP contribution in [0.2, 0.25) is 0 Å². The highest BCUT2D eigenvalue weighted by molar-refractivity contribution is 6.52. The van der Waals surface area contributed by atoms with E-state index in [1.54, 1.807) is 18.2 Å². The summed E-state index contributed by atoms with van der Waals surface area (Å²) in [4.78, 5) is 11.7. The Balaban J connectivity index is 2.51. The van der Waals surface area contributed by atoms with E-state index in [1.165, 1.54) is 13.2 Å². The summed E-state index contributed by atoms with van der Waals surface area (Å²) < 4.78 is 5.02. The minimum absolute atomic E-state index is 0.116. The fraction of sp³-hybridized carbons (Fsp3) is 0.214. The van der Waals surface area contributed by atoms with E-state index in [-0.39, 0.29) is 17.2 Å². The van der Waals surface area contributed by atoms with Crippen LogP contribution >= 0.6 is 0 Å². The van der Waals surface area contributed by atoms with Crippen LogP contribution in [0.1, 0.15) is 17.0 Å². The molecule has 4 N–H and O–H groups in total. The molecule has 1 aliphatic rings. The molecule has 0 spiro atoms. The summed E-state index contributed by atoms with van der Waals surface area (Å²) in [6.45, 7) is 1.85. The minimum atomic E-state index is -0.688. The summed E-state index contributed by atoms with van der Waals surface area (Å²) in [6, 6.07) is 5.26. The summed E-state index contributed by atoms with van der Waals surface area (Å²) in [6.07, 6.45) is 1.19. The highest BCUT2D eigenvalue weighted by Gasteiger charge is 2.33. The predicted octanol–water partition coefficient (Wildman–Crippen LogP) is 1.81. The number of nitrogens with one attached hydrogen (secondary N) is 2. The van der Waals surface area contributed by atoms with Crippen molar-refractivity contribution < 1.29 is 9.53 Å². The van der Waals surface area contributed by atoms with Crippen LogP contribution in [0.3, 0.4) is 0 Å². The van der Waals surface area contributed by atoms with E-state index >= 15 is 0 Å². The first-order valence-corrected chi connectivity index (χ1v) is 5.79. The van der Waals surface area contributed by atoms with Gasteiger partial charge in [0.25, 0.3) is 0 Å². The van der Waals surface area contributed by atoms with Crippen LogP contribution < -0.4 is 5.73 Å². The Hall–Kier alpha value is -2.43. The van der Waals surface area contributed by atoms with Crippen molar-refractivity contribution in [3.05, 3.63) is 41.2 Å². The third-order valence-corrected chi connectivity index (χ3v) is 3.22. The van der Waals surface area contributed by atoms with Crippen molar-refractivity contribution in [1.82, 2.24) is 0 Å². The SMILES string of the molecule is COC1=CC(=O)C(=N)C(c2ccc(N)c(C)c2)C1=N. The summed E-state index contributed by atoms with van der Waals surface area (Å²) >= 11 is 0. The number of nitrogens with two attached hydrogens (primary N) is 1. The van der Waals surface area contributed by atoms with E-state index in [0.717, 1.165) is 5.56 Å². The average molecular weight is 257 g/mol. The number of ether oxygens (including phenoxy) is 1. The first-order valence-electron chi connectivity index (χ1n) is 5.79. The quantitative estimate of drug-likeness (QED) is 0.704. The summed E-state index contributed by atoms with van der Waals surface area (Å²) in [5.74, 6) is -0.903. The van der Waals surface area contributed by atoms with Crippen LogP contribution in [0.4, 0.5) is 5.69 Å². The van der Waals surface area contributed by atoms with Gasteiger partial charge < -0.3 is 21.3 Å². The van der Waals surface area contributed by atoms with Gasteiger partial charge in [0.1, 0.15) is 5.76 Å². The lowest BCUT2D eigenvalue weighted by Crippen LogP contribution is -2.33. The van der Waals surface area contributed by atoms with Gasteiger partial charge in [-0.25, -0.2) is 0 Å². The van der Waals surface area contributed by atoms with Gasteiger partial charge in [-0.1, -0.05) is 12.1 Å². The molecule has 1 aliphatic carbocycles. The van der Waals surface area contributed by atoms with Gasteiger partial charge in [-0.05, 0) is 24.1 Å². The highest BCUT2D eigenvalue weighted by atomic mass is 16.5. The molecule has 1 unspecified atom stereocenters. The van der Waals surface area contributed by atoms with Crippen molar-refractivity contribution in [2.24, 2.45) is 0 Å². The Morgan fingerprint density at radius 2 is 1.95 bits per heavy atom. The van der Waals surface area contributed by atoms with Crippen LogP contribution in [-0.4, -0.2) is 24.3 Å². The zero-order valence-electron chi connectivity index (χ0n) is 10.8. The van der Waals surface area contributed by atoms with Gasteiger partial charge in [-0.15, -0.1) is 0 Å². The van der Waals surface area contributed by atoms with Crippen LogP contribution in [0.15, 0.2) is 30.0 Å². The van der Waals surface area contributed by atoms with E-state index in [1.807, 2.05) is 6.92 Å². The largest absolute Gasteiger partial charge is 0.495 e. The number of methoxy groups -OCH3 is 1. The average Bonchev–Trinajstić information content (AvgIpc) is 2.38. The van der Waals surface area contributed by atoms with Gasteiger partial charge in [0.05, 0.1) is 24.5 Å². The van der Waals surface area contributed by atoms with Gasteiger partial charge in [0.15, 0.2) is 0 Å². The number of allylic oxidation sites excluding steroid dienone is 2. The van der Waals surface area contributed by atoms with Gasteiger partial charge in [-0.2, -0.15) is 0 Å². The monoisotopic (exact) mass is 257 g/mol. The molecule has 19 heavy (non-hydrogen) atoms. The number of carbonyl (C=O) groups excluding carboxylic acids is 1. The van der Waals surface area contributed by atoms with Crippen molar-refractivity contribution in [2.45, 2.75) is 12.8 Å². The molecular weight excluding hydrogens is 242 g/mol. The molecule has 0 radical (unpaired) electrons. The molecule has 0 saturated carbocycles. The van der Waals surface area contributed by atoms with Gasteiger partial charge >= 0.3 is 0 Å². The Morgan fingerprint density at radius 1 is 1.26 bits per heavy atom. The van der Waals surface area contributed by atoms with Crippen molar-refractivity contribution in [1.29, 1.82) is 10.8 Å². The zero-order valence-corrected chi connectivity index (χ0v) is 10.8. The third kappa shape index (κ3) is 2.14. The number of aryl methyl sites for hydroxylation is 1. The summed E-state index contributed by atoms with van der Waals surface area (Å²) in [5.41, 5.74) is 7.98. The van der Waals surface area contributed by atoms with Gasteiger partial charge in [0.2, 0.25) is 5.78 Å². The van der Waals surface area contributed by atoms with Crippen molar-refractivity contribution in [3.8, 4) is 0 Å². The molecule has 0 amide bonds. The lowest BCUT2D eigenvalue weighted by atomic mass is 9.82. The second-order valence-corrected chi connectivity index (χ2v) is 4.45. The maximum absolute atomic E-state index is 11.7. The van der Waals surface area contributed by atoms with Crippen LogP contribution in [0.25, 0.3) is 0 Å². The molecule has 5 heteroatoms. The molecule has 98 valence electrons. The maximum Gasteiger partial charge on any atom is 0.204 e. The number of ketones is 1. The standard InChI is InChI=1S/C14H15N3O2/c1-7-5-8(3-4-9(7)15)12-13(16)10(18)6-11(19-2)14(12)17/h3-6,12,16-17H,15H2,1-2H3. The minimum Gasteiger partial charge on any atom is -0.495 e. The highest BCUT2D eigenvalue weighted by Crippen LogP contribution is 2.28. The van der Waals surface area contributed by atoms with E-state index in [0.29, 0.717) is 11.3 Å². The Bertz CT molecular complexity index is 617. The van der Waals surface area contributed by atoms with E-state index < -0.39 is 11.7 Å². The molecule has 1 aromatic rings. The molecular formula is C14H15N3O2. The fourth-order valence-corrected chi connectivity index (χ4v) is 2.08. The second kappa shape index (κ2) is 4.68. The molecule has 0 bridgehead atoms.